The Morgan fingerprint density at radius 2 is 1.95 bits per heavy atom. The summed E-state index contributed by atoms with van der Waals surface area (Å²) >= 11 is 1.33. The van der Waals surface area contributed by atoms with E-state index in [1.54, 1.807) is 14.2 Å². The standard InChI is InChI=1S/C14H15NO4S/c1-17-10-5-4-9(6-11(10)18-2)7-13-15-8-12(20-13)14(16)19-3/h4-6,8H,7H2,1-3H3. The van der Waals surface area contributed by atoms with Crippen molar-refractivity contribution >= 4 is 17.3 Å². The third-order valence-electron chi connectivity index (χ3n) is 2.74. The summed E-state index contributed by atoms with van der Waals surface area (Å²) in [5, 5.41) is 0.845. The number of methoxy groups -OCH3 is 3. The highest BCUT2D eigenvalue weighted by Gasteiger charge is 2.12. The van der Waals surface area contributed by atoms with Crippen LogP contribution in [0.3, 0.4) is 0 Å². The van der Waals surface area contributed by atoms with Crippen LogP contribution in [0.4, 0.5) is 0 Å². The summed E-state index contributed by atoms with van der Waals surface area (Å²) in [5.74, 6) is 1.00. The molecule has 0 saturated heterocycles. The highest BCUT2D eigenvalue weighted by Crippen LogP contribution is 2.29. The van der Waals surface area contributed by atoms with Crippen molar-refractivity contribution in [2.24, 2.45) is 0 Å². The van der Waals surface area contributed by atoms with Crippen molar-refractivity contribution in [2.45, 2.75) is 6.42 Å². The van der Waals surface area contributed by atoms with Crippen molar-refractivity contribution < 1.29 is 19.0 Å². The number of benzene rings is 1. The molecule has 0 saturated carbocycles. The van der Waals surface area contributed by atoms with E-state index in [9.17, 15) is 4.79 Å². The van der Waals surface area contributed by atoms with Crippen LogP contribution in [0.1, 0.15) is 20.2 Å². The molecule has 1 aromatic carbocycles. The van der Waals surface area contributed by atoms with E-state index in [4.69, 9.17) is 9.47 Å². The molecule has 106 valence electrons. The maximum atomic E-state index is 11.4. The number of hydrogen-bond donors (Lipinski definition) is 0. The minimum atomic E-state index is -0.360. The number of rotatable bonds is 5. The van der Waals surface area contributed by atoms with Gasteiger partial charge in [0.2, 0.25) is 0 Å². The highest BCUT2D eigenvalue weighted by molar-refractivity contribution is 7.13. The number of esters is 1. The van der Waals surface area contributed by atoms with E-state index >= 15 is 0 Å². The van der Waals surface area contributed by atoms with Gasteiger partial charge >= 0.3 is 5.97 Å². The van der Waals surface area contributed by atoms with Crippen LogP contribution in [0.2, 0.25) is 0 Å². The number of carbonyl (C=O) groups excluding carboxylic acids is 1. The van der Waals surface area contributed by atoms with Crippen LogP contribution in [0.25, 0.3) is 0 Å². The summed E-state index contributed by atoms with van der Waals surface area (Å²) in [6.45, 7) is 0. The van der Waals surface area contributed by atoms with Gasteiger partial charge in [-0.2, -0.15) is 0 Å². The molecule has 1 aromatic heterocycles. The molecular weight excluding hydrogens is 278 g/mol. The monoisotopic (exact) mass is 293 g/mol. The van der Waals surface area contributed by atoms with Crippen LogP contribution < -0.4 is 9.47 Å². The number of thiazole rings is 1. The second kappa shape index (κ2) is 6.38. The van der Waals surface area contributed by atoms with E-state index in [0.717, 1.165) is 10.6 Å². The molecule has 0 unspecified atom stereocenters. The molecule has 0 radical (unpaired) electrons. The van der Waals surface area contributed by atoms with Crippen LogP contribution in [0.15, 0.2) is 24.4 Å². The first-order valence-electron chi connectivity index (χ1n) is 5.92. The number of hydrogen-bond acceptors (Lipinski definition) is 6. The fourth-order valence-electron chi connectivity index (χ4n) is 1.75. The zero-order valence-corrected chi connectivity index (χ0v) is 12.3. The van der Waals surface area contributed by atoms with Crippen molar-refractivity contribution in [1.29, 1.82) is 0 Å². The largest absolute Gasteiger partial charge is 0.493 e. The van der Waals surface area contributed by atoms with E-state index in [2.05, 4.69) is 9.72 Å². The smallest absolute Gasteiger partial charge is 0.349 e. The summed E-state index contributed by atoms with van der Waals surface area (Å²) in [6, 6.07) is 5.70. The lowest BCUT2D eigenvalue weighted by molar-refractivity contribution is 0.0606. The van der Waals surface area contributed by atoms with Crippen LogP contribution in [0.5, 0.6) is 11.5 Å². The Balaban J connectivity index is 2.17. The summed E-state index contributed by atoms with van der Waals surface area (Å²) in [5.41, 5.74) is 1.04. The predicted octanol–water partition coefficient (Wildman–Crippen LogP) is 2.54. The Hall–Kier alpha value is -2.08. The SMILES string of the molecule is COC(=O)c1cnc(Cc2ccc(OC)c(OC)c2)s1. The summed E-state index contributed by atoms with van der Waals surface area (Å²) in [4.78, 5) is 16.1. The Morgan fingerprint density at radius 1 is 1.20 bits per heavy atom. The lowest BCUT2D eigenvalue weighted by atomic mass is 10.1. The first kappa shape index (κ1) is 14.3. The zero-order valence-electron chi connectivity index (χ0n) is 11.5. The lowest BCUT2D eigenvalue weighted by Gasteiger charge is -2.08. The third kappa shape index (κ3) is 3.08. The van der Waals surface area contributed by atoms with E-state index in [0.29, 0.717) is 22.8 Å². The van der Waals surface area contributed by atoms with Gasteiger partial charge in [-0.15, -0.1) is 11.3 Å². The number of ether oxygens (including phenoxy) is 3. The molecule has 2 aromatic rings. The Bertz CT molecular complexity index is 609. The number of carbonyl (C=O) groups is 1. The van der Waals surface area contributed by atoms with Crippen molar-refractivity contribution in [3.8, 4) is 11.5 Å². The Morgan fingerprint density at radius 3 is 2.60 bits per heavy atom. The molecule has 20 heavy (non-hydrogen) atoms. The molecule has 6 heteroatoms. The van der Waals surface area contributed by atoms with Gasteiger partial charge in [0.1, 0.15) is 4.88 Å². The van der Waals surface area contributed by atoms with Crippen LogP contribution in [0, 0.1) is 0 Å². The highest BCUT2D eigenvalue weighted by atomic mass is 32.1. The fourth-order valence-corrected chi connectivity index (χ4v) is 2.62. The molecule has 2 rings (SSSR count). The second-order valence-corrected chi connectivity index (χ2v) is 5.09. The van der Waals surface area contributed by atoms with Crippen molar-refractivity contribution in [1.82, 2.24) is 4.98 Å². The second-order valence-electron chi connectivity index (χ2n) is 3.98. The molecule has 0 aliphatic rings. The number of aromatic nitrogens is 1. The molecule has 0 N–H and O–H groups in total. The predicted molar refractivity (Wildman–Crippen MR) is 75.8 cm³/mol. The molecule has 0 spiro atoms. The molecule has 0 aliphatic carbocycles. The zero-order chi connectivity index (χ0) is 14.5. The van der Waals surface area contributed by atoms with Gasteiger partial charge in [-0.3, -0.25) is 0 Å². The van der Waals surface area contributed by atoms with E-state index in [-0.39, 0.29) is 5.97 Å². The van der Waals surface area contributed by atoms with Gasteiger partial charge in [0.15, 0.2) is 11.5 Å². The molecule has 1 heterocycles. The fraction of sp³-hybridized carbons (Fsp3) is 0.286. The first-order chi connectivity index (χ1) is 9.67. The molecule has 0 aliphatic heterocycles. The summed E-state index contributed by atoms with van der Waals surface area (Å²) in [6.07, 6.45) is 2.16. The molecule has 5 nitrogen and oxygen atoms in total. The minimum absolute atomic E-state index is 0.360. The van der Waals surface area contributed by atoms with Gasteiger partial charge < -0.3 is 14.2 Å². The van der Waals surface area contributed by atoms with E-state index < -0.39 is 0 Å². The number of nitrogens with zero attached hydrogens (tertiary/aromatic N) is 1. The maximum Gasteiger partial charge on any atom is 0.349 e. The Labute approximate surface area is 121 Å². The van der Waals surface area contributed by atoms with Gasteiger partial charge in [-0.1, -0.05) is 6.07 Å². The van der Waals surface area contributed by atoms with Gasteiger partial charge in [0.25, 0.3) is 0 Å². The first-order valence-corrected chi connectivity index (χ1v) is 6.73. The van der Waals surface area contributed by atoms with Gasteiger partial charge in [-0.25, -0.2) is 9.78 Å². The maximum absolute atomic E-state index is 11.4. The normalized spacial score (nSPS) is 10.2. The summed E-state index contributed by atoms with van der Waals surface area (Å²) in [7, 11) is 4.55. The van der Waals surface area contributed by atoms with Crippen molar-refractivity contribution in [3.05, 3.63) is 39.8 Å². The van der Waals surface area contributed by atoms with E-state index in [1.807, 2.05) is 18.2 Å². The van der Waals surface area contributed by atoms with Crippen LogP contribution in [-0.4, -0.2) is 32.3 Å². The molecular formula is C14H15NO4S. The molecule has 0 atom stereocenters. The van der Waals surface area contributed by atoms with E-state index in [1.165, 1.54) is 24.6 Å². The minimum Gasteiger partial charge on any atom is -0.493 e. The molecule has 0 bridgehead atoms. The van der Waals surface area contributed by atoms with Gasteiger partial charge in [0, 0.05) is 6.42 Å². The van der Waals surface area contributed by atoms with Crippen LogP contribution >= 0.6 is 11.3 Å². The average Bonchev–Trinajstić information content (AvgIpc) is 2.94. The molecule has 0 fully saturated rings. The van der Waals surface area contributed by atoms with Gasteiger partial charge in [-0.05, 0) is 17.7 Å². The van der Waals surface area contributed by atoms with Crippen molar-refractivity contribution in [3.63, 3.8) is 0 Å². The quantitative estimate of drug-likeness (QED) is 0.793. The van der Waals surface area contributed by atoms with Gasteiger partial charge in [0.05, 0.1) is 32.5 Å². The van der Waals surface area contributed by atoms with Crippen LogP contribution in [-0.2, 0) is 11.2 Å². The van der Waals surface area contributed by atoms with Crippen molar-refractivity contribution in [2.75, 3.05) is 21.3 Å². The third-order valence-corrected chi connectivity index (χ3v) is 3.72. The average molecular weight is 293 g/mol. The summed E-state index contributed by atoms with van der Waals surface area (Å²) < 4.78 is 15.1. The lowest BCUT2D eigenvalue weighted by Crippen LogP contribution is -1.96. The molecule has 0 amide bonds. The topological polar surface area (TPSA) is 57.7 Å². The Kier molecular flexibility index (Phi) is 4.57.